The average Bonchev–Trinajstić information content (AvgIpc) is 2.90. The zero-order valence-corrected chi connectivity index (χ0v) is 14.3. The molecule has 2 aromatic carbocycles. The summed E-state index contributed by atoms with van der Waals surface area (Å²) in [5.41, 5.74) is 1.75. The minimum atomic E-state index is -0.354. The predicted molar refractivity (Wildman–Crippen MR) is 92.4 cm³/mol. The van der Waals surface area contributed by atoms with Gasteiger partial charge in [0.15, 0.2) is 5.78 Å². The standard InChI is InChI=1S/C19H16BrFO2/c1-2-3-4-17-18(15-11-13(20)7-10-16(15)23-17)19(22)12-5-8-14(21)9-6-12/h5-11H,2-4H2,1H3. The van der Waals surface area contributed by atoms with E-state index >= 15 is 0 Å². The molecule has 0 radical (unpaired) electrons. The molecule has 0 aliphatic rings. The summed E-state index contributed by atoms with van der Waals surface area (Å²) in [5, 5.41) is 0.791. The van der Waals surface area contributed by atoms with E-state index in [1.54, 1.807) is 0 Å². The second kappa shape index (κ2) is 6.67. The van der Waals surface area contributed by atoms with Gasteiger partial charge in [-0.3, -0.25) is 4.79 Å². The van der Waals surface area contributed by atoms with Crippen molar-refractivity contribution < 1.29 is 13.6 Å². The van der Waals surface area contributed by atoms with Crippen LogP contribution in [0.4, 0.5) is 4.39 Å². The normalized spacial score (nSPS) is 11.1. The smallest absolute Gasteiger partial charge is 0.197 e. The number of unbranched alkanes of at least 4 members (excludes halogenated alkanes) is 1. The maximum atomic E-state index is 13.1. The van der Waals surface area contributed by atoms with Crippen LogP contribution in [0.15, 0.2) is 51.4 Å². The van der Waals surface area contributed by atoms with E-state index in [4.69, 9.17) is 4.42 Å². The van der Waals surface area contributed by atoms with E-state index < -0.39 is 0 Å². The summed E-state index contributed by atoms with van der Waals surface area (Å²) >= 11 is 3.44. The van der Waals surface area contributed by atoms with E-state index in [-0.39, 0.29) is 11.6 Å². The van der Waals surface area contributed by atoms with Crippen molar-refractivity contribution in [3.8, 4) is 0 Å². The molecule has 0 aliphatic heterocycles. The van der Waals surface area contributed by atoms with Crippen molar-refractivity contribution in [2.75, 3.05) is 0 Å². The molecule has 118 valence electrons. The molecule has 0 saturated heterocycles. The molecule has 0 amide bonds. The van der Waals surface area contributed by atoms with Gasteiger partial charge in [-0.2, -0.15) is 0 Å². The van der Waals surface area contributed by atoms with Crippen LogP contribution in [-0.4, -0.2) is 5.78 Å². The highest BCUT2D eigenvalue weighted by atomic mass is 79.9. The second-order valence-corrected chi connectivity index (χ2v) is 6.40. The number of hydrogen-bond acceptors (Lipinski definition) is 2. The monoisotopic (exact) mass is 374 g/mol. The summed E-state index contributed by atoms with van der Waals surface area (Å²) in [6.07, 6.45) is 2.68. The van der Waals surface area contributed by atoms with Gasteiger partial charge in [0.2, 0.25) is 0 Å². The van der Waals surface area contributed by atoms with Crippen LogP contribution in [0.1, 0.15) is 41.4 Å². The lowest BCUT2D eigenvalue weighted by Gasteiger charge is -2.03. The minimum Gasteiger partial charge on any atom is -0.460 e. The molecule has 0 atom stereocenters. The number of carbonyl (C=O) groups excluding carboxylic acids is 1. The maximum Gasteiger partial charge on any atom is 0.197 e. The number of carbonyl (C=O) groups is 1. The lowest BCUT2D eigenvalue weighted by atomic mass is 9.98. The number of fused-ring (bicyclic) bond motifs is 1. The highest BCUT2D eigenvalue weighted by Gasteiger charge is 2.22. The van der Waals surface area contributed by atoms with Gasteiger partial charge < -0.3 is 4.42 Å². The second-order valence-electron chi connectivity index (χ2n) is 5.48. The van der Waals surface area contributed by atoms with Crippen molar-refractivity contribution in [1.29, 1.82) is 0 Å². The summed E-state index contributed by atoms with van der Waals surface area (Å²) in [6, 6.07) is 11.3. The molecular formula is C19H16BrFO2. The van der Waals surface area contributed by atoms with Crippen LogP contribution in [0, 0.1) is 5.82 Å². The Hall–Kier alpha value is -1.94. The molecule has 1 aromatic heterocycles. The Bertz CT molecular complexity index is 850. The Morgan fingerprint density at radius 1 is 1.17 bits per heavy atom. The van der Waals surface area contributed by atoms with E-state index in [9.17, 15) is 9.18 Å². The van der Waals surface area contributed by atoms with Crippen molar-refractivity contribution in [1.82, 2.24) is 0 Å². The zero-order chi connectivity index (χ0) is 16.4. The first-order valence-corrected chi connectivity index (χ1v) is 8.40. The molecule has 3 aromatic rings. The third-order valence-corrected chi connectivity index (χ3v) is 4.31. The van der Waals surface area contributed by atoms with Gasteiger partial charge in [-0.15, -0.1) is 0 Å². The molecule has 3 rings (SSSR count). The third-order valence-electron chi connectivity index (χ3n) is 3.81. The molecule has 0 fully saturated rings. The number of benzene rings is 2. The van der Waals surface area contributed by atoms with Crippen molar-refractivity contribution in [3.63, 3.8) is 0 Å². The highest BCUT2D eigenvalue weighted by molar-refractivity contribution is 9.10. The van der Waals surface area contributed by atoms with Crippen LogP contribution in [0.2, 0.25) is 0 Å². The van der Waals surface area contributed by atoms with Crippen LogP contribution in [-0.2, 0) is 6.42 Å². The first-order valence-electron chi connectivity index (χ1n) is 7.61. The Balaban J connectivity index is 2.14. The van der Waals surface area contributed by atoms with Crippen molar-refractivity contribution >= 4 is 32.7 Å². The number of furan rings is 1. The van der Waals surface area contributed by atoms with Crippen LogP contribution in [0.25, 0.3) is 11.0 Å². The van der Waals surface area contributed by atoms with E-state index in [1.165, 1.54) is 24.3 Å². The van der Waals surface area contributed by atoms with Gasteiger partial charge in [-0.25, -0.2) is 4.39 Å². The Kier molecular flexibility index (Phi) is 4.62. The molecule has 0 aliphatic carbocycles. The molecule has 0 unspecified atom stereocenters. The number of halogens is 2. The molecule has 1 heterocycles. The van der Waals surface area contributed by atoms with Gasteiger partial charge in [0.25, 0.3) is 0 Å². The lowest BCUT2D eigenvalue weighted by molar-refractivity contribution is 0.103. The summed E-state index contributed by atoms with van der Waals surface area (Å²) in [5.74, 6) is 0.217. The van der Waals surface area contributed by atoms with Crippen LogP contribution >= 0.6 is 15.9 Å². The molecule has 0 bridgehead atoms. The molecule has 0 saturated carbocycles. The van der Waals surface area contributed by atoms with Gasteiger partial charge in [-0.1, -0.05) is 29.3 Å². The van der Waals surface area contributed by atoms with Gasteiger partial charge in [-0.05, 0) is 48.9 Å². The number of aryl methyl sites for hydroxylation is 1. The zero-order valence-electron chi connectivity index (χ0n) is 12.7. The first kappa shape index (κ1) is 15.9. The highest BCUT2D eigenvalue weighted by Crippen LogP contribution is 2.31. The van der Waals surface area contributed by atoms with Gasteiger partial charge in [0, 0.05) is 21.8 Å². The molecule has 23 heavy (non-hydrogen) atoms. The van der Waals surface area contributed by atoms with Crippen LogP contribution in [0.5, 0.6) is 0 Å². The quantitative estimate of drug-likeness (QED) is 0.519. The lowest BCUT2D eigenvalue weighted by Crippen LogP contribution is -2.04. The molecule has 2 nitrogen and oxygen atoms in total. The molecule has 4 heteroatoms. The Morgan fingerprint density at radius 2 is 1.91 bits per heavy atom. The van der Waals surface area contributed by atoms with Gasteiger partial charge in [0.1, 0.15) is 17.2 Å². The summed E-state index contributed by atoms with van der Waals surface area (Å²) < 4.78 is 19.9. The molecule has 0 N–H and O–H groups in total. The van der Waals surface area contributed by atoms with Crippen LogP contribution in [0.3, 0.4) is 0 Å². The van der Waals surface area contributed by atoms with Gasteiger partial charge in [0.05, 0.1) is 5.56 Å². The number of rotatable bonds is 5. The first-order chi connectivity index (χ1) is 11.1. The summed E-state index contributed by atoms with van der Waals surface area (Å²) in [7, 11) is 0. The predicted octanol–water partition coefficient (Wildman–Crippen LogP) is 5.91. The minimum absolute atomic E-state index is 0.132. The van der Waals surface area contributed by atoms with Crippen molar-refractivity contribution in [2.24, 2.45) is 0 Å². The van der Waals surface area contributed by atoms with Crippen molar-refractivity contribution in [2.45, 2.75) is 26.2 Å². The Labute approximate surface area is 142 Å². The SMILES string of the molecule is CCCCc1oc2ccc(Br)cc2c1C(=O)c1ccc(F)cc1. The summed E-state index contributed by atoms with van der Waals surface area (Å²) in [4.78, 5) is 12.9. The summed E-state index contributed by atoms with van der Waals surface area (Å²) in [6.45, 7) is 2.10. The molecular weight excluding hydrogens is 359 g/mol. The van der Waals surface area contributed by atoms with Crippen molar-refractivity contribution in [3.05, 3.63) is 69.6 Å². The van der Waals surface area contributed by atoms with E-state index in [0.29, 0.717) is 28.9 Å². The van der Waals surface area contributed by atoms with Gasteiger partial charge >= 0.3 is 0 Å². The number of hydrogen-bond donors (Lipinski definition) is 0. The number of ketones is 1. The molecule has 0 spiro atoms. The van der Waals surface area contributed by atoms with Crippen LogP contribution < -0.4 is 0 Å². The fourth-order valence-electron chi connectivity index (χ4n) is 2.63. The third kappa shape index (κ3) is 3.22. The topological polar surface area (TPSA) is 30.2 Å². The van der Waals surface area contributed by atoms with E-state index in [2.05, 4.69) is 22.9 Å². The fraction of sp³-hybridized carbons (Fsp3) is 0.211. The maximum absolute atomic E-state index is 13.1. The van der Waals surface area contributed by atoms with E-state index in [1.807, 2.05) is 18.2 Å². The largest absolute Gasteiger partial charge is 0.460 e. The fourth-order valence-corrected chi connectivity index (χ4v) is 2.99. The van der Waals surface area contributed by atoms with E-state index in [0.717, 1.165) is 22.7 Å². The average molecular weight is 375 g/mol. The Morgan fingerprint density at radius 3 is 2.61 bits per heavy atom.